The number of hydrogen-bond donors (Lipinski definition) is 2. The summed E-state index contributed by atoms with van der Waals surface area (Å²) in [5.41, 5.74) is 4.85. The highest BCUT2D eigenvalue weighted by atomic mass is 16.5. The predicted molar refractivity (Wildman–Crippen MR) is 66.2 cm³/mol. The summed E-state index contributed by atoms with van der Waals surface area (Å²) in [6, 6.07) is 0. The molecule has 0 bridgehead atoms. The second-order valence-corrected chi connectivity index (χ2v) is 4.18. The van der Waals surface area contributed by atoms with Crippen molar-refractivity contribution >= 4 is 11.8 Å². The Morgan fingerprint density at radius 1 is 1.29 bits per heavy atom. The van der Waals surface area contributed by atoms with E-state index in [-0.39, 0.29) is 5.91 Å². The van der Waals surface area contributed by atoms with Crippen LogP contribution in [0.5, 0.6) is 0 Å². The fourth-order valence-electron chi connectivity index (χ4n) is 1.02. The van der Waals surface area contributed by atoms with E-state index in [2.05, 4.69) is 19.2 Å². The molecule has 0 aromatic rings. The van der Waals surface area contributed by atoms with Crippen LogP contribution in [0, 0.1) is 5.92 Å². The fourth-order valence-corrected chi connectivity index (χ4v) is 1.02. The molecule has 0 spiro atoms. The normalized spacial score (nSPS) is 11.0. The van der Waals surface area contributed by atoms with Gasteiger partial charge in [0.15, 0.2) is 0 Å². The number of ether oxygens (including phenoxy) is 1. The van der Waals surface area contributed by atoms with Crippen LogP contribution in [0.25, 0.3) is 0 Å². The third-order valence-corrected chi connectivity index (χ3v) is 2.00. The van der Waals surface area contributed by atoms with Crippen LogP contribution in [0.3, 0.4) is 0 Å². The van der Waals surface area contributed by atoms with Crippen molar-refractivity contribution in [3.05, 3.63) is 12.2 Å². The van der Waals surface area contributed by atoms with E-state index in [0.717, 1.165) is 31.6 Å². The maximum atomic E-state index is 11.1. The third-order valence-electron chi connectivity index (χ3n) is 2.00. The SMILES string of the molecule is CC(C)CCOCCCNC(=O)C=CC(N)=O. The highest BCUT2D eigenvalue weighted by Gasteiger charge is 1.96. The van der Waals surface area contributed by atoms with Crippen LogP contribution < -0.4 is 11.1 Å². The molecular formula is C12H22N2O3. The molecule has 17 heavy (non-hydrogen) atoms. The number of hydrogen-bond acceptors (Lipinski definition) is 3. The maximum absolute atomic E-state index is 11.1. The predicted octanol–water partition coefficient (Wildman–Crippen LogP) is 0.597. The van der Waals surface area contributed by atoms with Crippen LogP contribution in [-0.2, 0) is 14.3 Å². The summed E-state index contributed by atoms with van der Waals surface area (Å²) >= 11 is 0. The van der Waals surface area contributed by atoms with E-state index in [1.165, 1.54) is 0 Å². The van der Waals surface area contributed by atoms with Gasteiger partial charge in [-0.3, -0.25) is 9.59 Å². The fraction of sp³-hybridized carbons (Fsp3) is 0.667. The molecule has 5 heteroatoms. The van der Waals surface area contributed by atoms with Gasteiger partial charge in [-0.1, -0.05) is 13.8 Å². The lowest BCUT2D eigenvalue weighted by Gasteiger charge is -2.06. The molecule has 0 unspecified atom stereocenters. The zero-order chi connectivity index (χ0) is 13.1. The first-order valence-electron chi connectivity index (χ1n) is 5.85. The van der Waals surface area contributed by atoms with E-state index in [1.807, 2.05) is 0 Å². The second kappa shape index (κ2) is 9.84. The highest BCUT2D eigenvalue weighted by Crippen LogP contribution is 1.98. The van der Waals surface area contributed by atoms with Gasteiger partial charge in [0, 0.05) is 31.9 Å². The summed E-state index contributed by atoms with van der Waals surface area (Å²) in [6.45, 7) is 6.21. The molecule has 5 nitrogen and oxygen atoms in total. The molecule has 0 atom stereocenters. The Morgan fingerprint density at radius 3 is 2.59 bits per heavy atom. The molecule has 0 fully saturated rings. The number of amides is 2. The minimum absolute atomic E-state index is 0.314. The van der Waals surface area contributed by atoms with E-state index < -0.39 is 5.91 Å². The topological polar surface area (TPSA) is 81.4 Å². The maximum Gasteiger partial charge on any atom is 0.244 e. The van der Waals surface area contributed by atoms with Crippen molar-refractivity contribution in [3.63, 3.8) is 0 Å². The van der Waals surface area contributed by atoms with Gasteiger partial charge in [0.2, 0.25) is 11.8 Å². The summed E-state index contributed by atoms with van der Waals surface area (Å²) in [5.74, 6) is -0.295. The Hall–Kier alpha value is -1.36. The summed E-state index contributed by atoms with van der Waals surface area (Å²) in [6.07, 6.45) is 3.97. The van der Waals surface area contributed by atoms with E-state index in [9.17, 15) is 9.59 Å². The average molecular weight is 242 g/mol. The molecule has 3 N–H and O–H groups in total. The van der Waals surface area contributed by atoms with Crippen LogP contribution in [-0.4, -0.2) is 31.6 Å². The van der Waals surface area contributed by atoms with Gasteiger partial charge in [-0.2, -0.15) is 0 Å². The molecular weight excluding hydrogens is 220 g/mol. The van der Waals surface area contributed by atoms with Crippen LogP contribution in [0.1, 0.15) is 26.7 Å². The Balaban J connectivity index is 3.34. The molecule has 0 aromatic heterocycles. The lowest BCUT2D eigenvalue weighted by atomic mass is 10.1. The molecule has 0 radical (unpaired) electrons. The Morgan fingerprint density at radius 2 is 2.00 bits per heavy atom. The van der Waals surface area contributed by atoms with Crippen LogP contribution in [0.2, 0.25) is 0 Å². The summed E-state index contributed by atoms with van der Waals surface area (Å²) in [5, 5.41) is 2.62. The van der Waals surface area contributed by atoms with Gasteiger partial charge in [-0.25, -0.2) is 0 Å². The highest BCUT2D eigenvalue weighted by molar-refractivity contribution is 5.95. The monoisotopic (exact) mass is 242 g/mol. The molecule has 2 amide bonds. The zero-order valence-electron chi connectivity index (χ0n) is 10.6. The quantitative estimate of drug-likeness (QED) is 0.459. The van der Waals surface area contributed by atoms with Gasteiger partial charge in [-0.05, 0) is 18.8 Å². The van der Waals surface area contributed by atoms with E-state index in [0.29, 0.717) is 19.1 Å². The van der Waals surface area contributed by atoms with Crippen LogP contribution in [0.4, 0.5) is 0 Å². The molecule has 0 saturated carbocycles. The zero-order valence-corrected chi connectivity index (χ0v) is 10.6. The lowest BCUT2D eigenvalue weighted by Crippen LogP contribution is -2.23. The Kier molecular flexibility index (Phi) is 9.05. The van der Waals surface area contributed by atoms with Gasteiger partial charge in [0.05, 0.1) is 0 Å². The Bertz CT molecular complexity index is 262. The number of nitrogens with one attached hydrogen (secondary N) is 1. The molecule has 0 rings (SSSR count). The number of nitrogens with two attached hydrogens (primary N) is 1. The number of primary amides is 1. The van der Waals surface area contributed by atoms with Crippen molar-refractivity contribution in [2.45, 2.75) is 26.7 Å². The molecule has 0 heterocycles. The van der Waals surface area contributed by atoms with Crippen LogP contribution >= 0.6 is 0 Å². The van der Waals surface area contributed by atoms with Gasteiger partial charge < -0.3 is 15.8 Å². The van der Waals surface area contributed by atoms with Crippen molar-refractivity contribution in [2.75, 3.05) is 19.8 Å². The number of carbonyl (C=O) groups is 2. The van der Waals surface area contributed by atoms with Gasteiger partial charge in [-0.15, -0.1) is 0 Å². The molecule has 0 aliphatic carbocycles. The van der Waals surface area contributed by atoms with Crippen molar-refractivity contribution in [2.24, 2.45) is 11.7 Å². The standard InChI is InChI=1S/C12H22N2O3/c1-10(2)6-9-17-8-3-7-14-12(16)5-4-11(13)15/h4-5,10H,3,6-9H2,1-2H3,(H2,13,15)(H,14,16). The molecule has 0 aliphatic heterocycles. The summed E-state index contributed by atoms with van der Waals surface area (Å²) in [7, 11) is 0. The smallest absolute Gasteiger partial charge is 0.244 e. The van der Waals surface area contributed by atoms with Crippen molar-refractivity contribution < 1.29 is 14.3 Å². The lowest BCUT2D eigenvalue weighted by molar-refractivity contribution is -0.117. The van der Waals surface area contributed by atoms with E-state index in [4.69, 9.17) is 10.5 Å². The van der Waals surface area contributed by atoms with Gasteiger partial charge >= 0.3 is 0 Å². The Labute approximate surface area is 102 Å². The van der Waals surface area contributed by atoms with E-state index >= 15 is 0 Å². The first kappa shape index (κ1) is 15.6. The van der Waals surface area contributed by atoms with Crippen molar-refractivity contribution in [3.8, 4) is 0 Å². The van der Waals surface area contributed by atoms with Crippen molar-refractivity contribution in [1.29, 1.82) is 0 Å². The van der Waals surface area contributed by atoms with Gasteiger partial charge in [0.25, 0.3) is 0 Å². The molecule has 98 valence electrons. The van der Waals surface area contributed by atoms with Crippen molar-refractivity contribution in [1.82, 2.24) is 5.32 Å². The molecule has 0 saturated heterocycles. The number of rotatable bonds is 9. The van der Waals surface area contributed by atoms with E-state index in [1.54, 1.807) is 0 Å². The number of carbonyl (C=O) groups excluding carboxylic acids is 2. The molecule has 0 aliphatic rings. The summed E-state index contributed by atoms with van der Waals surface area (Å²) < 4.78 is 5.38. The second-order valence-electron chi connectivity index (χ2n) is 4.18. The van der Waals surface area contributed by atoms with Crippen LogP contribution in [0.15, 0.2) is 12.2 Å². The minimum atomic E-state index is -0.628. The minimum Gasteiger partial charge on any atom is -0.381 e. The molecule has 0 aromatic carbocycles. The van der Waals surface area contributed by atoms with Gasteiger partial charge in [0.1, 0.15) is 0 Å². The third kappa shape index (κ3) is 12.6. The largest absolute Gasteiger partial charge is 0.381 e. The summed E-state index contributed by atoms with van der Waals surface area (Å²) in [4.78, 5) is 21.4. The first-order chi connectivity index (χ1) is 8.02. The first-order valence-corrected chi connectivity index (χ1v) is 5.85. The average Bonchev–Trinajstić information content (AvgIpc) is 2.24.